The number of aromatic nitrogens is 2. The molecule has 1 aromatic heterocycles. The zero-order valence-electron chi connectivity index (χ0n) is 20.2. The van der Waals surface area contributed by atoms with Gasteiger partial charge in [-0.3, -0.25) is 4.79 Å². The first-order chi connectivity index (χ1) is 17.1. The first-order valence-corrected chi connectivity index (χ1v) is 12.8. The third kappa shape index (κ3) is 5.21. The molecule has 0 aliphatic rings. The summed E-state index contributed by atoms with van der Waals surface area (Å²) in [6.07, 6.45) is 1.14. The molecule has 0 saturated heterocycles. The summed E-state index contributed by atoms with van der Waals surface area (Å²) in [5.41, 5.74) is 3.53. The maximum absolute atomic E-state index is 13.1. The van der Waals surface area contributed by atoms with Gasteiger partial charge in [0.05, 0.1) is 23.4 Å². The van der Waals surface area contributed by atoms with Gasteiger partial charge in [-0.05, 0) is 62.4 Å². The van der Waals surface area contributed by atoms with Gasteiger partial charge >= 0.3 is 5.97 Å². The van der Waals surface area contributed by atoms with E-state index in [2.05, 4.69) is 5.10 Å². The van der Waals surface area contributed by atoms with E-state index in [0.29, 0.717) is 16.9 Å². The Bertz CT molecular complexity index is 1550. The Labute approximate surface area is 209 Å². The number of hydrogen-bond acceptors (Lipinski definition) is 7. The van der Waals surface area contributed by atoms with E-state index in [9.17, 15) is 18.0 Å². The summed E-state index contributed by atoms with van der Waals surface area (Å²) >= 11 is 0. The number of benzene rings is 3. The van der Waals surface area contributed by atoms with Crippen molar-refractivity contribution in [3.63, 3.8) is 0 Å². The van der Waals surface area contributed by atoms with Gasteiger partial charge in [0.15, 0.2) is 32.8 Å². The molecule has 0 spiro atoms. The number of sulfone groups is 1. The number of carbonyl (C=O) groups excluding carboxylic acids is 2. The van der Waals surface area contributed by atoms with Crippen LogP contribution in [0.3, 0.4) is 0 Å². The van der Waals surface area contributed by atoms with E-state index in [1.165, 1.54) is 38.3 Å². The van der Waals surface area contributed by atoms with Crippen molar-refractivity contribution in [2.75, 3.05) is 13.4 Å². The van der Waals surface area contributed by atoms with Crippen LogP contribution in [0.25, 0.3) is 16.9 Å². The fourth-order valence-corrected chi connectivity index (χ4v) is 4.20. The van der Waals surface area contributed by atoms with Crippen LogP contribution in [0.4, 0.5) is 0 Å². The lowest BCUT2D eigenvalue weighted by molar-refractivity contribution is 0.0723. The van der Waals surface area contributed by atoms with Crippen molar-refractivity contribution in [1.29, 1.82) is 0 Å². The minimum absolute atomic E-state index is 0.0375. The van der Waals surface area contributed by atoms with E-state index >= 15 is 0 Å². The molecular formula is C27H24N2O6S. The monoisotopic (exact) mass is 504 g/mol. The number of hydrogen-bond donors (Lipinski definition) is 0. The molecule has 0 radical (unpaired) electrons. The molecule has 0 saturated carbocycles. The maximum atomic E-state index is 13.1. The topological polar surface area (TPSA) is 105 Å². The molecule has 4 aromatic rings. The molecule has 36 heavy (non-hydrogen) atoms. The highest BCUT2D eigenvalue weighted by atomic mass is 32.2. The van der Waals surface area contributed by atoms with E-state index in [1.807, 2.05) is 31.2 Å². The highest BCUT2D eigenvalue weighted by Crippen LogP contribution is 2.30. The molecule has 8 nitrogen and oxygen atoms in total. The third-order valence-electron chi connectivity index (χ3n) is 5.55. The van der Waals surface area contributed by atoms with Crippen molar-refractivity contribution in [2.24, 2.45) is 0 Å². The summed E-state index contributed by atoms with van der Waals surface area (Å²) < 4.78 is 36.1. The predicted octanol–water partition coefficient (Wildman–Crippen LogP) is 4.68. The number of ketones is 1. The number of rotatable bonds is 7. The molecule has 0 N–H and O–H groups in total. The van der Waals surface area contributed by atoms with Crippen LogP contribution in [0.2, 0.25) is 0 Å². The van der Waals surface area contributed by atoms with E-state index in [4.69, 9.17) is 9.47 Å². The Hall–Kier alpha value is -4.24. The first-order valence-electron chi connectivity index (χ1n) is 11.0. The summed E-state index contributed by atoms with van der Waals surface area (Å²) in [5, 5.41) is 4.47. The van der Waals surface area contributed by atoms with Crippen LogP contribution in [0, 0.1) is 6.92 Å². The number of methoxy groups -OCH3 is 1. The van der Waals surface area contributed by atoms with Crippen LogP contribution < -0.4 is 9.47 Å². The summed E-state index contributed by atoms with van der Waals surface area (Å²) in [7, 11) is -1.95. The molecule has 0 bridgehead atoms. The summed E-state index contributed by atoms with van der Waals surface area (Å²) in [6, 6.07) is 20.1. The van der Waals surface area contributed by atoms with Gasteiger partial charge < -0.3 is 9.47 Å². The zero-order valence-corrected chi connectivity index (χ0v) is 21.0. The fourth-order valence-electron chi connectivity index (χ4n) is 3.57. The van der Waals surface area contributed by atoms with Crippen molar-refractivity contribution >= 4 is 21.6 Å². The quantitative estimate of drug-likeness (QED) is 0.204. The van der Waals surface area contributed by atoms with Crippen molar-refractivity contribution in [3.05, 3.63) is 89.6 Å². The van der Waals surface area contributed by atoms with Crippen molar-refractivity contribution in [3.8, 4) is 28.4 Å². The van der Waals surface area contributed by atoms with Gasteiger partial charge in [-0.15, -0.1) is 0 Å². The molecular weight excluding hydrogens is 480 g/mol. The lowest BCUT2D eigenvalue weighted by atomic mass is 10.1. The second-order valence-corrected chi connectivity index (χ2v) is 10.3. The number of esters is 1. The van der Waals surface area contributed by atoms with E-state index in [-0.39, 0.29) is 27.9 Å². The molecule has 0 unspecified atom stereocenters. The van der Waals surface area contributed by atoms with Gasteiger partial charge in [0.2, 0.25) is 0 Å². The smallest absolute Gasteiger partial charge is 0.364 e. The van der Waals surface area contributed by atoms with Gasteiger partial charge in [0.25, 0.3) is 0 Å². The molecule has 1 heterocycles. The summed E-state index contributed by atoms with van der Waals surface area (Å²) in [4.78, 5) is 24.9. The molecule has 9 heteroatoms. The summed E-state index contributed by atoms with van der Waals surface area (Å²) in [6.45, 7) is 3.40. The van der Waals surface area contributed by atoms with Crippen LogP contribution in [0.15, 0.2) is 77.7 Å². The van der Waals surface area contributed by atoms with Crippen molar-refractivity contribution in [2.45, 2.75) is 18.7 Å². The van der Waals surface area contributed by atoms with Crippen LogP contribution in [0.1, 0.15) is 33.3 Å². The average molecular weight is 505 g/mol. The molecule has 4 rings (SSSR count). The number of ether oxygens (including phenoxy) is 2. The fraction of sp³-hybridized carbons (Fsp3) is 0.148. The van der Waals surface area contributed by atoms with Crippen molar-refractivity contribution in [1.82, 2.24) is 9.78 Å². The number of nitrogens with zero attached hydrogens (tertiary/aromatic N) is 2. The Morgan fingerprint density at radius 3 is 2.14 bits per heavy atom. The Morgan fingerprint density at radius 1 is 0.889 bits per heavy atom. The van der Waals surface area contributed by atoms with E-state index in [0.717, 1.165) is 17.4 Å². The second-order valence-electron chi connectivity index (χ2n) is 8.27. The maximum Gasteiger partial charge on any atom is 0.364 e. The third-order valence-corrected chi connectivity index (χ3v) is 6.68. The number of carbonyl (C=O) groups is 2. The van der Waals surface area contributed by atoms with E-state index < -0.39 is 15.8 Å². The van der Waals surface area contributed by atoms with Crippen LogP contribution in [0.5, 0.6) is 11.5 Å². The highest BCUT2D eigenvalue weighted by Gasteiger charge is 2.21. The molecule has 0 aliphatic heterocycles. The normalized spacial score (nSPS) is 11.2. The SMILES string of the molecule is COc1cc(C(C)=O)ccc1OC(=O)c1cc(-c2ccc(C)cc2)n(-c2ccc(S(C)(=O)=O)cc2)n1. The molecule has 3 aromatic carbocycles. The van der Waals surface area contributed by atoms with Gasteiger partial charge in [0, 0.05) is 17.4 Å². The van der Waals surface area contributed by atoms with Crippen LogP contribution in [-0.4, -0.2) is 43.3 Å². The Balaban J connectivity index is 1.75. The Kier molecular flexibility index (Phi) is 6.76. The second kappa shape index (κ2) is 9.79. The molecule has 0 aliphatic carbocycles. The predicted molar refractivity (Wildman–Crippen MR) is 135 cm³/mol. The average Bonchev–Trinajstić information content (AvgIpc) is 3.30. The minimum atomic E-state index is -3.36. The first kappa shape index (κ1) is 24.9. The van der Waals surface area contributed by atoms with Gasteiger partial charge in [-0.1, -0.05) is 29.8 Å². The summed E-state index contributed by atoms with van der Waals surface area (Å²) in [5.74, 6) is -0.472. The molecule has 0 atom stereocenters. The molecule has 184 valence electrons. The molecule has 0 amide bonds. The lowest BCUT2D eigenvalue weighted by Gasteiger charge is -2.09. The largest absolute Gasteiger partial charge is 0.493 e. The number of aryl methyl sites for hydroxylation is 1. The lowest BCUT2D eigenvalue weighted by Crippen LogP contribution is -2.11. The number of Topliss-reactive ketones (excluding diaryl/α,β-unsaturated/α-hetero) is 1. The zero-order chi connectivity index (χ0) is 26.0. The standard InChI is InChI=1S/C27H24N2O6S/c1-17-5-7-19(8-6-17)24-16-23(28-29(24)21-10-12-22(13-11-21)36(4,32)33)27(31)35-25-14-9-20(18(2)30)15-26(25)34-3/h5-16H,1-4H3. The molecule has 0 fully saturated rings. The van der Waals surface area contributed by atoms with E-state index in [1.54, 1.807) is 28.9 Å². The van der Waals surface area contributed by atoms with Crippen LogP contribution in [-0.2, 0) is 9.84 Å². The Morgan fingerprint density at radius 2 is 1.56 bits per heavy atom. The van der Waals surface area contributed by atoms with Gasteiger partial charge in [-0.25, -0.2) is 17.9 Å². The highest BCUT2D eigenvalue weighted by molar-refractivity contribution is 7.90. The van der Waals surface area contributed by atoms with Gasteiger partial charge in [-0.2, -0.15) is 5.10 Å². The van der Waals surface area contributed by atoms with Crippen LogP contribution >= 0.6 is 0 Å². The minimum Gasteiger partial charge on any atom is -0.493 e. The van der Waals surface area contributed by atoms with Gasteiger partial charge in [0.1, 0.15) is 0 Å². The van der Waals surface area contributed by atoms with Crippen molar-refractivity contribution < 1.29 is 27.5 Å².